The average molecular weight is 283 g/mol. The summed E-state index contributed by atoms with van der Waals surface area (Å²) < 4.78 is 26.8. The Balaban J connectivity index is 2.01. The van der Waals surface area contributed by atoms with Gasteiger partial charge in [-0.15, -0.1) is 0 Å². The third-order valence-electron chi connectivity index (χ3n) is 3.80. The zero-order valence-corrected chi connectivity index (χ0v) is 12.0. The quantitative estimate of drug-likeness (QED) is 0.864. The number of benzene rings is 1. The van der Waals surface area contributed by atoms with E-state index in [4.69, 9.17) is 0 Å². The predicted octanol–water partition coefficient (Wildman–Crippen LogP) is 1.69. The maximum atomic E-state index is 12.1. The summed E-state index contributed by atoms with van der Waals surface area (Å²) in [5.41, 5.74) is 1.12. The van der Waals surface area contributed by atoms with Gasteiger partial charge in [-0.2, -0.15) is 0 Å². The molecule has 1 aromatic rings. The van der Waals surface area contributed by atoms with Crippen molar-refractivity contribution in [1.82, 2.24) is 4.72 Å². The number of hydrogen-bond acceptors (Lipinski definition) is 3. The van der Waals surface area contributed by atoms with Crippen molar-refractivity contribution in [3.63, 3.8) is 0 Å². The minimum Gasteiger partial charge on any atom is -0.393 e. The lowest BCUT2D eigenvalue weighted by Crippen LogP contribution is -2.32. The predicted molar refractivity (Wildman–Crippen MR) is 74.4 cm³/mol. The molecule has 106 valence electrons. The van der Waals surface area contributed by atoms with Gasteiger partial charge in [0.1, 0.15) is 0 Å². The van der Waals surface area contributed by atoms with Crippen LogP contribution >= 0.6 is 0 Å². The normalized spacial score (nSPS) is 23.7. The molecule has 1 aliphatic carbocycles. The minimum absolute atomic E-state index is 0.0460. The highest BCUT2D eigenvalue weighted by molar-refractivity contribution is 7.89. The molecule has 0 aromatic heterocycles. The van der Waals surface area contributed by atoms with Crippen molar-refractivity contribution in [2.45, 2.75) is 43.6 Å². The van der Waals surface area contributed by atoms with Crippen LogP contribution in [0, 0.1) is 5.92 Å². The Morgan fingerprint density at radius 1 is 1.26 bits per heavy atom. The van der Waals surface area contributed by atoms with E-state index in [1.807, 2.05) is 19.1 Å². The summed E-state index contributed by atoms with van der Waals surface area (Å²) in [4.78, 5) is 0.289. The molecule has 1 aromatic carbocycles. The fraction of sp³-hybridized carbons (Fsp3) is 0.571. The zero-order chi connectivity index (χ0) is 13.9. The van der Waals surface area contributed by atoms with Crippen LogP contribution < -0.4 is 4.72 Å². The Bertz CT molecular complexity index is 510. The van der Waals surface area contributed by atoms with Gasteiger partial charge in [-0.25, -0.2) is 13.1 Å². The van der Waals surface area contributed by atoms with Crippen LogP contribution in [0.2, 0.25) is 0 Å². The van der Waals surface area contributed by atoms with Gasteiger partial charge in [-0.05, 0) is 42.9 Å². The number of hydrogen-bond donors (Lipinski definition) is 2. The summed E-state index contributed by atoms with van der Waals surface area (Å²) in [5.74, 6) is 0.0460. The first-order valence-electron chi connectivity index (χ1n) is 6.79. The molecule has 2 atom stereocenters. The van der Waals surface area contributed by atoms with Crippen LogP contribution in [0.1, 0.15) is 31.7 Å². The van der Waals surface area contributed by atoms with Gasteiger partial charge in [-0.1, -0.05) is 25.5 Å². The van der Waals surface area contributed by atoms with E-state index in [0.717, 1.165) is 31.2 Å². The summed E-state index contributed by atoms with van der Waals surface area (Å²) in [7, 11) is -3.46. The summed E-state index contributed by atoms with van der Waals surface area (Å²) in [6.07, 6.45) is 3.15. The molecule has 0 spiro atoms. The Labute approximate surface area is 114 Å². The Kier molecular flexibility index (Phi) is 4.60. The number of aryl methyl sites for hydroxylation is 1. The van der Waals surface area contributed by atoms with E-state index in [9.17, 15) is 13.5 Å². The molecule has 0 heterocycles. The van der Waals surface area contributed by atoms with Crippen molar-refractivity contribution >= 4 is 10.0 Å². The van der Waals surface area contributed by atoms with E-state index in [1.165, 1.54) is 0 Å². The van der Waals surface area contributed by atoms with Crippen molar-refractivity contribution < 1.29 is 13.5 Å². The highest BCUT2D eigenvalue weighted by Gasteiger charge is 2.26. The van der Waals surface area contributed by atoms with Gasteiger partial charge in [0, 0.05) is 6.54 Å². The summed E-state index contributed by atoms with van der Waals surface area (Å²) in [6, 6.07) is 6.93. The van der Waals surface area contributed by atoms with Gasteiger partial charge in [0.25, 0.3) is 0 Å². The molecule has 1 saturated carbocycles. The molecule has 2 N–H and O–H groups in total. The lowest BCUT2D eigenvalue weighted by molar-refractivity contribution is 0.134. The Morgan fingerprint density at radius 3 is 2.47 bits per heavy atom. The lowest BCUT2D eigenvalue weighted by Gasteiger charge is -2.15. The van der Waals surface area contributed by atoms with Crippen molar-refractivity contribution in [2.24, 2.45) is 5.92 Å². The first-order valence-corrected chi connectivity index (χ1v) is 8.28. The molecule has 2 unspecified atom stereocenters. The smallest absolute Gasteiger partial charge is 0.240 e. The maximum Gasteiger partial charge on any atom is 0.240 e. The molecule has 1 fully saturated rings. The van der Waals surface area contributed by atoms with Crippen LogP contribution in [0.15, 0.2) is 29.2 Å². The van der Waals surface area contributed by atoms with Crippen molar-refractivity contribution in [1.29, 1.82) is 0 Å². The van der Waals surface area contributed by atoms with E-state index in [1.54, 1.807) is 12.1 Å². The van der Waals surface area contributed by atoms with Crippen LogP contribution in [0.5, 0.6) is 0 Å². The molecule has 0 amide bonds. The number of sulfonamides is 1. The minimum atomic E-state index is -3.46. The van der Waals surface area contributed by atoms with Gasteiger partial charge < -0.3 is 5.11 Å². The number of rotatable bonds is 5. The van der Waals surface area contributed by atoms with Gasteiger partial charge in [0.05, 0.1) is 11.0 Å². The third kappa shape index (κ3) is 3.55. The Hall–Kier alpha value is -0.910. The number of nitrogens with one attached hydrogen (secondary N) is 1. The van der Waals surface area contributed by atoms with E-state index in [-0.39, 0.29) is 16.9 Å². The summed E-state index contributed by atoms with van der Waals surface area (Å²) in [5, 5.41) is 9.69. The summed E-state index contributed by atoms with van der Waals surface area (Å²) >= 11 is 0. The maximum absolute atomic E-state index is 12.1. The third-order valence-corrected chi connectivity index (χ3v) is 5.24. The van der Waals surface area contributed by atoms with E-state index < -0.39 is 10.0 Å². The molecule has 0 bridgehead atoms. The fourth-order valence-electron chi connectivity index (χ4n) is 2.46. The monoisotopic (exact) mass is 283 g/mol. The van der Waals surface area contributed by atoms with E-state index in [0.29, 0.717) is 6.54 Å². The second kappa shape index (κ2) is 6.03. The van der Waals surface area contributed by atoms with Gasteiger partial charge in [0.2, 0.25) is 10.0 Å². The molecule has 5 heteroatoms. The topological polar surface area (TPSA) is 66.4 Å². The second-order valence-electron chi connectivity index (χ2n) is 5.11. The van der Waals surface area contributed by atoms with E-state index >= 15 is 0 Å². The van der Waals surface area contributed by atoms with Crippen LogP contribution in [0.3, 0.4) is 0 Å². The first-order chi connectivity index (χ1) is 9.03. The fourth-order valence-corrected chi connectivity index (χ4v) is 3.55. The average Bonchev–Trinajstić information content (AvgIpc) is 2.82. The van der Waals surface area contributed by atoms with Crippen molar-refractivity contribution in [3.8, 4) is 0 Å². The van der Waals surface area contributed by atoms with Crippen molar-refractivity contribution in [3.05, 3.63) is 29.8 Å². The molecule has 0 aliphatic heterocycles. The molecule has 19 heavy (non-hydrogen) atoms. The zero-order valence-electron chi connectivity index (χ0n) is 11.2. The van der Waals surface area contributed by atoms with Crippen LogP contribution in [0.4, 0.5) is 0 Å². The van der Waals surface area contributed by atoms with Gasteiger partial charge in [-0.3, -0.25) is 0 Å². The largest absolute Gasteiger partial charge is 0.393 e. The van der Waals surface area contributed by atoms with Crippen LogP contribution in [-0.2, 0) is 16.4 Å². The first kappa shape index (κ1) is 14.5. The molecule has 0 saturated heterocycles. The SMILES string of the molecule is CCc1ccc(S(=O)(=O)NCC2CCCC2O)cc1. The van der Waals surface area contributed by atoms with Gasteiger partial charge >= 0.3 is 0 Å². The lowest BCUT2D eigenvalue weighted by atomic mass is 10.1. The molecular formula is C14H21NO3S. The van der Waals surface area contributed by atoms with Crippen molar-refractivity contribution in [2.75, 3.05) is 6.54 Å². The molecule has 2 rings (SSSR count). The second-order valence-corrected chi connectivity index (χ2v) is 6.87. The highest BCUT2D eigenvalue weighted by atomic mass is 32.2. The van der Waals surface area contributed by atoms with E-state index in [2.05, 4.69) is 4.72 Å². The summed E-state index contributed by atoms with van der Waals surface area (Å²) in [6.45, 7) is 2.35. The number of aliphatic hydroxyl groups excluding tert-OH is 1. The van der Waals surface area contributed by atoms with Crippen LogP contribution in [0.25, 0.3) is 0 Å². The molecule has 4 nitrogen and oxygen atoms in total. The highest BCUT2D eigenvalue weighted by Crippen LogP contribution is 2.25. The van der Waals surface area contributed by atoms with Gasteiger partial charge in [0.15, 0.2) is 0 Å². The van der Waals surface area contributed by atoms with Crippen LogP contribution in [-0.4, -0.2) is 26.2 Å². The molecular weight excluding hydrogens is 262 g/mol. The standard InChI is InChI=1S/C14H21NO3S/c1-2-11-6-8-13(9-7-11)19(17,18)15-10-12-4-3-5-14(12)16/h6-9,12,14-16H,2-5,10H2,1H3. The molecule has 0 radical (unpaired) electrons. The number of aliphatic hydroxyl groups is 1. The molecule has 1 aliphatic rings. The Morgan fingerprint density at radius 2 is 1.95 bits per heavy atom.